The van der Waals surface area contributed by atoms with Gasteiger partial charge in [0.1, 0.15) is 0 Å². The van der Waals surface area contributed by atoms with Gasteiger partial charge in [0.05, 0.1) is 16.4 Å². The van der Waals surface area contributed by atoms with Crippen LogP contribution in [0.3, 0.4) is 0 Å². The summed E-state index contributed by atoms with van der Waals surface area (Å²) in [6.07, 6.45) is 3.04. The second kappa shape index (κ2) is 5.78. The molecule has 0 radical (unpaired) electrons. The molecule has 2 nitrogen and oxygen atoms in total. The van der Waals surface area contributed by atoms with Gasteiger partial charge in [-0.15, -0.1) is 11.3 Å². The summed E-state index contributed by atoms with van der Waals surface area (Å²) in [6.45, 7) is 1.45. The fourth-order valence-electron chi connectivity index (χ4n) is 2.43. The minimum atomic E-state index is 0.645. The topological polar surface area (TPSA) is 30.9 Å². The maximum Gasteiger partial charge on any atom is 0.0931 e. The normalized spacial score (nSPS) is 11.3. The molecule has 3 aromatic rings. The lowest BCUT2D eigenvalue weighted by Crippen LogP contribution is -2.02. The van der Waals surface area contributed by atoms with Crippen molar-refractivity contribution in [1.29, 1.82) is 0 Å². The first-order valence-corrected chi connectivity index (χ1v) is 7.96. The van der Waals surface area contributed by atoms with E-state index < -0.39 is 0 Å². The maximum atomic E-state index is 6.13. The first-order chi connectivity index (χ1) is 9.67. The summed E-state index contributed by atoms with van der Waals surface area (Å²) in [7, 11) is 0. The van der Waals surface area contributed by atoms with Crippen LogP contribution in [-0.2, 0) is 13.0 Å². The fraction of sp³-hybridized carbons (Fsp3) is 0.200. The molecule has 2 aromatic heterocycles. The molecular weight excluding hydrogens is 311 g/mol. The van der Waals surface area contributed by atoms with Crippen molar-refractivity contribution in [2.45, 2.75) is 13.0 Å². The van der Waals surface area contributed by atoms with Crippen molar-refractivity contribution >= 4 is 45.4 Å². The van der Waals surface area contributed by atoms with E-state index in [1.54, 1.807) is 11.3 Å². The van der Waals surface area contributed by atoms with E-state index in [4.69, 9.17) is 28.9 Å². The van der Waals surface area contributed by atoms with E-state index in [0.29, 0.717) is 6.54 Å². The van der Waals surface area contributed by atoms with Crippen molar-refractivity contribution in [3.8, 4) is 0 Å². The molecule has 5 heteroatoms. The van der Waals surface area contributed by atoms with Crippen LogP contribution >= 0.6 is 34.5 Å². The summed E-state index contributed by atoms with van der Waals surface area (Å²) in [5, 5.41) is 1.97. The second-order valence-corrected chi connectivity index (χ2v) is 6.92. The zero-order valence-electron chi connectivity index (χ0n) is 10.8. The zero-order chi connectivity index (χ0) is 14.1. The highest BCUT2D eigenvalue weighted by Gasteiger charge is 2.10. The van der Waals surface area contributed by atoms with E-state index >= 15 is 0 Å². The molecular formula is C15H14Cl2N2S. The van der Waals surface area contributed by atoms with Gasteiger partial charge in [-0.1, -0.05) is 29.3 Å². The Balaban J connectivity index is 2.06. The predicted molar refractivity (Wildman–Crippen MR) is 88.1 cm³/mol. The number of benzene rings is 1. The fourth-order valence-corrected chi connectivity index (χ4v) is 3.68. The molecule has 2 heterocycles. The first kappa shape index (κ1) is 14.0. The molecule has 0 atom stereocenters. The lowest BCUT2D eigenvalue weighted by Gasteiger charge is -2.03. The van der Waals surface area contributed by atoms with Crippen molar-refractivity contribution in [2.75, 3.05) is 6.54 Å². The highest BCUT2D eigenvalue weighted by atomic mass is 35.5. The van der Waals surface area contributed by atoms with E-state index in [2.05, 4.69) is 22.9 Å². The van der Waals surface area contributed by atoms with Gasteiger partial charge in [-0.05, 0) is 42.8 Å². The maximum absolute atomic E-state index is 6.13. The highest BCUT2D eigenvalue weighted by molar-refractivity contribution is 7.16. The molecule has 0 saturated heterocycles. The third-order valence-electron chi connectivity index (χ3n) is 3.30. The number of hydrogen-bond donors (Lipinski definition) is 1. The molecule has 104 valence electrons. The van der Waals surface area contributed by atoms with Crippen molar-refractivity contribution in [2.24, 2.45) is 5.73 Å². The van der Waals surface area contributed by atoms with Crippen LogP contribution in [-0.4, -0.2) is 11.1 Å². The first-order valence-electron chi connectivity index (χ1n) is 6.39. The van der Waals surface area contributed by atoms with E-state index in [1.165, 1.54) is 15.8 Å². The number of halogens is 2. The van der Waals surface area contributed by atoms with Gasteiger partial charge in [0.15, 0.2) is 0 Å². The molecule has 0 aliphatic heterocycles. The van der Waals surface area contributed by atoms with Crippen LogP contribution in [0.15, 0.2) is 36.5 Å². The molecule has 20 heavy (non-hydrogen) atoms. The van der Waals surface area contributed by atoms with Gasteiger partial charge in [-0.2, -0.15) is 0 Å². The molecule has 2 N–H and O–H groups in total. The summed E-state index contributed by atoms with van der Waals surface area (Å²) in [4.78, 5) is 1.23. The Morgan fingerprint density at radius 3 is 2.70 bits per heavy atom. The van der Waals surface area contributed by atoms with Gasteiger partial charge < -0.3 is 10.3 Å². The molecule has 1 aromatic carbocycles. The second-order valence-electron chi connectivity index (χ2n) is 4.69. The van der Waals surface area contributed by atoms with Crippen LogP contribution in [0.1, 0.15) is 10.4 Å². The number of rotatable bonds is 4. The van der Waals surface area contributed by atoms with Gasteiger partial charge in [0.2, 0.25) is 0 Å². The monoisotopic (exact) mass is 324 g/mol. The van der Waals surface area contributed by atoms with Gasteiger partial charge in [-0.3, -0.25) is 0 Å². The molecule has 0 saturated carbocycles. The van der Waals surface area contributed by atoms with Crippen LogP contribution in [0.2, 0.25) is 9.36 Å². The Morgan fingerprint density at radius 2 is 2.00 bits per heavy atom. The van der Waals surface area contributed by atoms with Crippen molar-refractivity contribution in [1.82, 2.24) is 4.57 Å². The van der Waals surface area contributed by atoms with E-state index in [0.717, 1.165) is 27.8 Å². The molecule has 0 fully saturated rings. The van der Waals surface area contributed by atoms with Gasteiger partial charge >= 0.3 is 0 Å². The van der Waals surface area contributed by atoms with Gasteiger partial charge in [0, 0.05) is 21.5 Å². The summed E-state index contributed by atoms with van der Waals surface area (Å²) < 4.78 is 3.03. The van der Waals surface area contributed by atoms with Crippen LogP contribution in [0, 0.1) is 0 Å². The van der Waals surface area contributed by atoms with Crippen molar-refractivity contribution in [3.05, 3.63) is 56.3 Å². The standard InChI is InChI=1S/C15H14Cl2N2S/c16-11-1-3-13-10(5-6-18)8-19(14(13)7-11)9-12-2-4-15(17)20-12/h1-4,7-8H,5-6,9,18H2. The number of fused-ring (bicyclic) bond motifs is 1. The average Bonchev–Trinajstić information content (AvgIpc) is 2.96. The Morgan fingerprint density at radius 1 is 1.15 bits per heavy atom. The Labute approximate surface area is 131 Å². The number of hydrogen-bond acceptors (Lipinski definition) is 2. The predicted octanol–water partition coefficient (Wildman–Crippen LogP) is 4.56. The third kappa shape index (κ3) is 2.72. The summed E-state index contributed by atoms with van der Waals surface area (Å²) in [5.74, 6) is 0. The number of nitrogens with zero attached hydrogens (tertiary/aromatic N) is 1. The minimum absolute atomic E-state index is 0.645. The van der Waals surface area contributed by atoms with Crippen molar-refractivity contribution in [3.63, 3.8) is 0 Å². The largest absolute Gasteiger partial charge is 0.342 e. The van der Waals surface area contributed by atoms with Crippen LogP contribution in [0.25, 0.3) is 10.9 Å². The van der Waals surface area contributed by atoms with E-state index in [1.807, 2.05) is 18.2 Å². The lowest BCUT2D eigenvalue weighted by atomic mass is 10.1. The van der Waals surface area contributed by atoms with Crippen LogP contribution < -0.4 is 5.73 Å². The molecule has 0 aliphatic rings. The smallest absolute Gasteiger partial charge is 0.0931 e. The van der Waals surface area contributed by atoms with Gasteiger partial charge in [0.25, 0.3) is 0 Å². The quantitative estimate of drug-likeness (QED) is 0.749. The summed E-state index contributed by atoms with van der Waals surface area (Å²) in [5.41, 5.74) is 8.11. The number of thiophene rings is 1. The summed E-state index contributed by atoms with van der Waals surface area (Å²) >= 11 is 13.7. The molecule has 0 aliphatic carbocycles. The molecule has 0 spiro atoms. The molecule has 0 amide bonds. The molecule has 0 unspecified atom stereocenters. The molecule has 3 rings (SSSR count). The Kier molecular flexibility index (Phi) is 4.03. The van der Waals surface area contributed by atoms with E-state index in [-0.39, 0.29) is 0 Å². The SMILES string of the molecule is NCCc1cn(Cc2ccc(Cl)s2)c2cc(Cl)ccc12. The average molecular weight is 325 g/mol. The lowest BCUT2D eigenvalue weighted by molar-refractivity contribution is 0.840. The van der Waals surface area contributed by atoms with Crippen LogP contribution in [0.4, 0.5) is 0 Å². The van der Waals surface area contributed by atoms with Crippen LogP contribution in [0.5, 0.6) is 0 Å². The Hall–Kier alpha value is -1.00. The molecule has 0 bridgehead atoms. The summed E-state index contributed by atoms with van der Waals surface area (Å²) in [6, 6.07) is 10.00. The number of aromatic nitrogens is 1. The van der Waals surface area contributed by atoms with Crippen molar-refractivity contribution < 1.29 is 0 Å². The highest BCUT2D eigenvalue weighted by Crippen LogP contribution is 2.28. The Bertz CT molecular complexity index is 745. The third-order valence-corrected chi connectivity index (χ3v) is 4.75. The van der Waals surface area contributed by atoms with Gasteiger partial charge in [-0.25, -0.2) is 0 Å². The minimum Gasteiger partial charge on any atom is -0.342 e. The number of nitrogens with two attached hydrogens (primary N) is 1. The van der Waals surface area contributed by atoms with E-state index in [9.17, 15) is 0 Å². The zero-order valence-corrected chi connectivity index (χ0v) is 13.1.